The van der Waals surface area contributed by atoms with E-state index in [1.54, 1.807) is 18.5 Å². The van der Waals surface area contributed by atoms with E-state index in [9.17, 15) is 4.79 Å². The first kappa shape index (κ1) is 11.8. The first-order chi connectivity index (χ1) is 7.06. The highest BCUT2D eigenvalue weighted by atomic mass is 16.5. The minimum atomic E-state index is -0.350. The Labute approximate surface area is 90.2 Å². The second-order valence-corrected chi connectivity index (χ2v) is 3.80. The molecule has 1 heterocycles. The third kappa shape index (κ3) is 2.81. The summed E-state index contributed by atoms with van der Waals surface area (Å²) >= 11 is 0. The Morgan fingerprint density at radius 3 is 2.67 bits per heavy atom. The Morgan fingerprint density at radius 1 is 1.53 bits per heavy atom. The van der Waals surface area contributed by atoms with Crippen LogP contribution in [0.4, 0.5) is 0 Å². The number of ether oxygens (including phenoxy) is 1. The lowest BCUT2D eigenvalue weighted by Crippen LogP contribution is -2.19. The van der Waals surface area contributed by atoms with Gasteiger partial charge in [-0.2, -0.15) is 5.10 Å². The predicted octanol–water partition coefficient (Wildman–Crippen LogP) is 2.13. The smallest absolute Gasteiger partial charge is 0.330 e. The molecule has 84 valence electrons. The highest BCUT2D eigenvalue weighted by Crippen LogP contribution is 2.14. The van der Waals surface area contributed by atoms with Gasteiger partial charge in [-0.1, -0.05) is 13.8 Å². The summed E-state index contributed by atoms with van der Waals surface area (Å²) in [6, 6.07) is 1.58. The van der Waals surface area contributed by atoms with Gasteiger partial charge in [0.15, 0.2) is 0 Å². The molecule has 1 atom stereocenters. The minimum Gasteiger partial charge on any atom is -0.464 e. The van der Waals surface area contributed by atoms with Crippen LogP contribution in [0, 0.1) is 0 Å². The van der Waals surface area contributed by atoms with Crippen molar-refractivity contribution in [1.82, 2.24) is 9.78 Å². The lowest BCUT2D eigenvalue weighted by molar-refractivity contribution is -0.146. The van der Waals surface area contributed by atoms with Crippen molar-refractivity contribution in [3.63, 3.8) is 0 Å². The maximum Gasteiger partial charge on any atom is 0.330 e. The molecule has 0 saturated heterocycles. The Hall–Kier alpha value is -1.32. The molecule has 0 radical (unpaired) electrons. The third-order valence-electron chi connectivity index (χ3n) is 2.25. The van der Waals surface area contributed by atoms with Crippen LogP contribution in [0.3, 0.4) is 0 Å². The number of esters is 1. The quantitative estimate of drug-likeness (QED) is 0.715. The lowest BCUT2D eigenvalue weighted by atomic mass is 10.1. The number of aromatic nitrogens is 2. The normalized spacial score (nSPS) is 12.9. The van der Waals surface area contributed by atoms with Crippen molar-refractivity contribution in [2.24, 2.45) is 0 Å². The molecule has 0 aliphatic heterocycles. The van der Waals surface area contributed by atoms with Crippen molar-refractivity contribution >= 4 is 5.97 Å². The topological polar surface area (TPSA) is 44.1 Å². The number of carbonyl (C=O) groups is 1. The maximum atomic E-state index is 11.4. The van der Waals surface area contributed by atoms with Gasteiger partial charge in [-0.05, 0) is 25.8 Å². The summed E-state index contributed by atoms with van der Waals surface area (Å²) in [5, 5.41) is 4.33. The van der Waals surface area contributed by atoms with E-state index in [-0.39, 0.29) is 12.0 Å². The van der Waals surface area contributed by atoms with Gasteiger partial charge < -0.3 is 4.74 Å². The molecular weight excluding hydrogens is 192 g/mol. The molecule has 0 aromatic carbocycles. The van der Waals surface area contributed by atoms with Crippen LogP contribution in [0.25, 0.3) is 0 Å². The fraction of sp³-hybridized carbons (Fsp3) is 0.636. The van der Waals surface area contributed by atoms with Gasteiger partial charge in [0.1, 0.15) is 6.04 Å². The molecule has 15 heavy (non-hydrogen) atoms. The summed E-state index contributed by atoms with van der Waals surface area (Å²) in [5.41, 5.74) is 0.992. The van der Waals surface area contributed by atoms with E-state index in [4.69, 9.17) is 4.74 Å². The summed E-state index contributed by atoms with van der Waals surface area (Å²) in [4.78, 5) is 11.4. The van der Waals surface area contributed by atoms with Crippen LogP contribution in [0.15, 0.2) is 12.3 Å². The minimum absolute atomic E-state index is 0.240. The van der Waals surface area contributed by atoms with Crippen molar-refractivity contribution < 1.29 is 9.53 Å². The third-order valence-corrected chi connectivity index (χ3v) is 2.25. The highest BCUT2D eigenvalue weighted by molar-refractivity contribution is 5.73. The second-order valence-electron chi connectivity index (χ2n) is 3.80. The average Bonchev–Trinajstić information content (AvgIpc) is 2.65. The molecule has 0 bridgehead atoms. The zero-order valence-corrected chi connectivity index (χ0v) is 9.73. The molecule has 1 aromatic heterocycles. The van der Waals surface area contributed by atoms with Crippen molar-refractivity contribution in [3.05, 3.63) is 18.0 Å². The molecule has 1 unspecified atom stereocenters. The van der Waals surface area contributed by atoms with Crippen molar-refractivity contribution in [1.29, 1.82) is 0 Å². The van der Waals surface area contributed by atoms with Gasteiger partial charge in [0.2, 0.25) is 0 Å². The summed E-state index contributed by atoms with van der Waals surface area (Å²) in [6.07, 6.45) is 1.82. The molecule has 1 rings (SSSR count). The number of carbonyl (C=O) groups excluding carboxylic acids is 1. The van der Waals surface area contributed by atoms with Crippen molar-refractivity contribution in [2.45, 2.75) is 39.7 Å². The van der Waals surface area contributed by atoms with Gasteiger partial charge in [-0.25, -0.2) is 4.79 Å². The highest BCUT2D eigenvalue weighted by Gasteiger charge is 2.17. The van der Waals surface area contributed by atoms with Crippen LogP contribution < -0.4 is 0 Å². The summed E-state index contributed by atoms with van der Waals surface area (Å²) < 4.78 is 6.57. The molecule has 0 aliphatic rings. The Kier molecular flexibility index (Phi) is 3.88. The summed E-state index contributed by atoms with van der Waals surface area (Å²) in [6.45, 7) is 8.13. The number of hydrogen-bond acceptors (Lipinski definition) is 3. The van der Waals surface area contributed by atoms with Crippen LogP contribution in [-0.2, 0) is 9.53 Å². The van der Waals surface area contributed by atoms with Gasteiger partial charge >= 0.3 is 5.97 Å². The molecule has 0 spiro atoms. The van der Waals surface area contributed by atoms with Crippen molar-refractivity contribution in [3.8, 4) is 0 Å². The number of rotatable bonds is 4. The molecule has 0 amide bonds. The number of nitrogens with zero attached hydrogens (tertiary/aromatic N) is 2. The first-order valence-corrected chi connectivity index (χ1v) is 5.28. The van der Waals surface area contributed by atoms with E-state index in [0.29, 0.717) is 12.5 Å². The van der Waals surface area contributed by atoms with Gasteiger partial charge in [-0.3, -0.25) is 4.68 Å². The average molecular weight is 210 g/mol. The summed E-state index contributed by atoms with van der Waals surface area (Å²) in [5.74, 6) is 0.136. The van der Waals surface area contributed by atoms with Gasteiger partial charge in [0.25, 0.3) is 0 Å². The zero-order chi connectivity index (χ0) is 11.4. The van der Waals surface area contributed by atoms with Gasteiger partial charge in [0.05, 0.1) is 12.3 Å². The fourth-order valence-corrected chi connectivity index (χ4v) is 1.25. The predicted molar refractivity (Wildman–Crippen MR) is 57.7 cm³/mol. The molecule has 4 heteroatoms. The zero-order valence-electron chi connectivity index (χ0n) is 9.73. The van der Waals surface area contributed by atoms with Crippen LogP contribution >= 0.6 is 0 Å². The summed E-state index contributed by atoms with van der Waals surface area (Å²) in [7, 11) is 0. The van der Waals surface area contributed by atoms with Crippen LogP contribution in [0.5, 0.6) is 0 Å². The maximum absolute atomic E-state index is 11.4. The molecule has 0 aliphatic carbocycles. The lowest BCUT2D eigenvalue weighted by Gasteiger charge is -2.10. The van der Waals surface area contributed by atoms with Crippen molar-refractivity contribution in [2.75, 3.05) is 6.61 Å². The van der Waals surface area contributed by atoms with E-state index in [1.165, 1.54) is 0 Å². The largest absolute Gasteiger partial charge is 0.464 e. The van der Waals surface area contributed by atoms with Crippen LogP contribution in [0.1, 0.15) is 45.3 Å². The van der Waals surface area contributed by atoms with E-state index >= 15 is 0 Å². The standard InChI is InChI=1S/C11H18N2O2/c1-5-15-11(14)9(4)13-7-6-10(12-13)8(2)3/h6-9H,5H2,1-4H3. The fourth-order valence-electron chi connectivity index (χ4n) is 1.25. The molecule has 0 N–H and O–H groups in total. The molecule has 0 saturated carbocycles. The molecule has 4 nitrogen and oxygen atoms in total. The second kappa shape index (κ2) is 4.96. The van der Waals surface area contributed by atoms with Gasteiger partial charge in [-0.15, -0.1) is 0 Å². The Balaban J connectivity index is 2.73. The van der Waals surface area contributed by atoms with E-state index in [1.807, 2.05) is 12.3 Å². The van der Waals surface area contributed by atoms with Crippen LogP contribution in [0.2, 0.25) is 0 Å². The monoisotopic (exact) mass is 210 g/mol. The Morgan fingerprint density at radius 2 is 2.20 bits per heavy atom. The van der Waals surface area contributed by atoms with E-state index in [0.717, 1.165) is 5.69 Å². The SMILES string of the molecule is CCOC(=O)C(C)n1ccc(C(C)C)n1. The van der Waals surface area contributed by atoms with E-state index < -0.39 is 0 Å². The molecule has 1 aromatic rings. The Bertz CT molecular complexity index is 331. The van der Waals surface area contributed by atoms with Gasteiger partial charge in [0, 0.05) is 6.20 Å². The first-order valence-electron chi connectivity index (χ1n) is 5.28. The van der Waals surface area contributed by atoms with Crippen LogP contribution in [-0.4, -0.2) is 22.4 Å². The molecular formula is C11H18N2O2. The molecule has 0 fully saturated rings. The van der Waals surface area contributed by atoms with E-state index in [2.05, 4.69) is 18.9 Å². The number of hydrogen-bond donors (Lipinski definition) is 0.